The van der Waals surface area contributed by atoms with Gasteiger partial charge in [-0.3, -0.25) is 4.79 Å². The van der Waals surface area contributed by atoms with Crippen molar-refractivity contribution in [3.63, 3.8) is 0 Å². The molecule has 0 radical (unpaired) electrons. The standard InChI is InChI=1S/C13H15NO2S2/c1-9(2-5-13(15)16)18-8-10-3-4-12(17)6-11(10)7-14/h3-4,6,9,17H,2,5,8H2,1H3,(H,15,16). The number of carboxylic acids is 1. The lowest BCUT2D eigenvalue weighted by molar-refractivity contribution is -0.137. The van der Waals surface area contributed by atoms with Gasteiger partial charge in [-0.2, -0.15) is 17.0 Å². The van der Waals surface area contributed by atoms with Gasteiger partial charge in [0.05, 0.1) is 11.6 Å². The van der Waals surface area contributed by atoms with E-state index >= 15 is 0 Å². The summed E-state index contributed by atoms with van der Waals surface area (Å²) in [6, 6.07) is 7.67. The number of carbonyl (C=O) groups is 1. The van der Waals surface area contributed by atoms with Crippen molar-refractivity contribution in [3.05, 3.63) is 29.3 Å². The molecule has 1 N–H and O–H groups in total. The lowest BCUT2D eigenvalue weighted by Crippen LogP contribution is -2.03. The second kappa shape index (κ2) is 7.34. The van der Waals surface area contributed by atoms with Crippen LogP contribution in [0.2, 0.25) is 0 Å². The molecule has 0 aliphatic heterocycles. The number of nitrogens with zero attached hydrogens (tertiary/aromatic N) is 1. The quantitative estimate of drug-likeness (QED) is 0.785. The topological polar surface area (TPSA) is 61.1 Å². The maximum atomic E-state index is 10.5. The Labute approximate surface area is 117 Å². The number of thiol groups is 1. The number of thioether (sulfide) groups is 1. The predicted octanol–water partition coefficient (Wildman–Crippen LogP) is 3.33. The molecule has 18 heavy (non-hydrogen) atoms. The van der Waals surface area contributed by atoms with Crippen LogP contribution in [0.4, 0.5) is 0 Å². The van der Waals surface area contributed by atoms with Crippen LogP contribution in [0.15, 0.2) is 23.1 Å². The zero-order valence-electron chi connectivity index (χ0n) is 10.1. The lowest BCUT2D eigenvalue weighted by Gasteiger charge is -2.10. The first kappa shape index (κ1) is 14.9. The van der Waals surface area contributed by atoms with E-state index in [1.54, 1.807) is 17.8 Å². The number of hydrogen-bond acceptors (Lipinski definition) is 4. The summed E-state index contributed by atoms with van der Waals surface area (Å²) in [5.41, 5.74) is 1.61. The summed E-state index contributed by atoms with van der Waals surface area (Å²) in [6.07, 6.45) is 0.835. The monoisotopic (exact) mass is 281 g/mol. The van der Waals surface area contributed by atoms with Crippen LogP contribution in [0.5, 0.6) is 0 Å². The molecule has 0 bridgehead atoms. The van der Waals surface area contributed by atoms with Gasteiger partial charge in [0.2, 0.25) is 0 Å². The summed E-state index contributed by atoms with van der Waals surface area (Å²) in [5.74, 6) is -0.0443. The van der Waals surface area contributed by atoms with Crippen molar-refractivity contribution in [1.82, 2.24) is 0 Å². The fourth-order valence-electron chi connectivity index (χ4n) is 1.44. The average Bonchev–Trinajstić information content (AvgIpc) is 2.34. The first-order chi connectivity index (χ1) is 8.52. The molecule has 0 fully saturated rings. The predicted molar refractivity (Wildman–Crippen MR) is 76.0 cm³/mol. The summed E-state index contributed by atoms with van der Waals surface area (Å²) < 4.78 is 0. The van der Waals surface area contributed by atoms with Gasteiger partial charge in [-0.1, -0.05) is 13.0 Å². The van der Waals surface area contributed by atoms with Gasteiger partial charge in [-0.25, -0.2) is 0 Å². The number of nitriles is 1. The molecule has 1 atom stereocenters. The SMILES string of the molecule is CC(CCC(=O)O)SCc1ccc(S)cc1C#N. The summed E-state index contributed by atoms with van der Waals surface area (Å²) in [5, 5.41) is 17.9. The van der Waals surface area contributed by atoms with Crippen molar-refractivity contribution in [3.8, 4) is 6.07 Å². The molecule has 0 saturated carbocycles. The third kappa shape index (κ3) is 5.03. The van der Waals surface area contributed by atoms with Crippen molar-refractivity contribution in [2.45, 2.75) is 35.7 Å². The highest BCUT2D eigenvalue weighted by molar-refractivity contribution is 7.99. The van der Waals surface area contributed by atoms with Crippen molar-refractivity contribution < 1.29 is 9.90 Å². The van der Waals surface area contributed by atoms with Crippen molar-refractivity contribution in [1.29, 1.82) is 5.26 Å². The van der Waals surface area contributed by atoms with Crippen LogP contribution in [-0.2, 0) is 10.5 Å². The molecule has 0 aliphatic carbocycles. The Bertz CT molecular complexity index is 469. The first-order valence-electron chi connectivity index (χ1n) is 5.58. The van der Waals surface area contributed by atoms with E-state index in [4.69, 9.17) is 10.4 Å². The van der Waals surface area contributed by atoms with E-state index in [0.29, 0.717) is 12.0 Å². The second-order valence-electron chi connectivity index (χ2n) is 4.01. The minimum Gasteiger partial charge on any atom is -0.481 e. The third-order valence-electron chi connectivity index (χ3n) is 2.50. The number of hydrogen-bond donors (Lipinski definition) is 2. The Balaban J connectivity index is 2.53. The zero-order valence-corrected chi connectivity index (χ0v) is 11.8. The van der Waals surface area contributed by atoms with Crippen LogP contribution in [0, 0.1) is 11.3 Å². The maximum Gasteiger partial charge on any atom is 0.303 e. The van der Waals surface area contributed by atoms with E-state index in [0.717, 1.165) is 16.2 Å². The highest BCUT2D eigenvalue weighted by Crippen LogP contribution is 2.24. The normalized spacial score (nSPS) is 11.8. The van der Waals surface area contributed by atoms with Crippen LogP contribution in [0.25, 0.3) is 0 Å². The van der Waals surface area contributed by atoms with E-state index in [9.17, 15) is 4.79 Å². The molecule has 0 spiro atoms. The van der Waals surface area contributed by atoms with Crippen molar-refractivity contribution in [2.75, 3.05) is 0 Å². The van der Waals surface area contributed by atoms with Crippen LogP contribution in [-0.4, -0.2) is 16.3 Å². The minimum absolute atomic E-state index is 0.189. The van der Waals surface area contributed by atoms with Crippen molar-refractivity contribution in [2.24, 2.45) is 0 Å². The summed E-state index contributed by atoms with van der Waals surface area (Å²) in [6.45, 7) is 2.01. The molecule has 0 saturated heterocycles. The molecule has 0 aliphatic rings. The molecule has 0 amide bonds. The molecule has 96 valence electrons. The van der Waals surface area contributed by atoms with Crippen LogP contribution in [0.3, 0.4) is 0 Å². The molecular weight excluding hydrogens is 266 g/mol. The summed E-state index contributed by atoms with van der Waals surface area (Å²) in [7, 11) is 0. The Morgan fingerprint density at radius 1 is 1.61 bits per heavy atom. The van der Waals surface area contributed by atoms with Gasteiger partial charge in [0.25, 0.3) is 0 Å². The molecule has 1 aromatic carbocycles. The average molecular weight is 281 g/mol. The summed E-state index contributed by atoms with van der Waals surface area (Å²) in [4.78, 5) is 11.2. The molecule has 1 aromatic rings. The van der Waals surface area contributed by atoms with Crippen LogP contribution in [0.1, 0.15) is 30.9 Å². The largest absolute Gasteiger partial charge is 0.481 e. The van der Waals surface area contributed by atoms with E-state index in [2.05, 4.69) is 18.7 Å². The van der Waals surface area contributed by atoms with Crippen molar-refractivity contribution >= 4 is 30.4 Å². The van der Waals surface area contributed by atoms with Crippen LogP contribution < -0.4 is 0 Å². The van der Waals surface area contributed by atoms with Gasteiger partial charge in [0.1, 0.15) is 0 Å². The maximum absolute atomic E-state index is 10.5. The number of carboxylic acid groups (broad SMARTS) is 1. The van der Waals surface area contributed by atoms with Gasteiger partial charge in [0.15, 0.2) is 0 Å². The van der Waals surface area contributed by atoms with Gasteiger partial charge >= 0.3 is 5.97 Å². The van der Waals surface area contributed by atoms with Gasteiger partial charge in [-0.15, -0.1) is 12.6 Å². The molecule has 3 nitrogen and oxygen atoms in total. The van der Waals surface area contributed by atoms with E-state index in [1.807, 2.05) is 19.1 Å². The van der Waals surface area contributed by atoms with Gasteiger partial charge < -0.3 is 5.11 Å². The zero-order chi connectivity index (χ0) is 13.5. The van der Waals surface area contributed by atoms with Crippen LogP contribution >= 0.6 is 24.4 Å². The number of rotatable bonds is 6. The van der Waals surface area contributed by atoms with Gasteiger partial charge in [0, 0.05) is 22.3 Å². The minimum atomic E-state index is -0.764. The van der Waals surface area contributed by atoms with Gasteiger partial charge in [-0.05, 0) is 24.1 Å². The summed E-state index contributed by atoms with van der Waals surface area (Å²) >= 11 is 5.86. The fourth-order valence-corrected chi connectivity index (χ4v) is 2.64. The second-order valence-corrected chi connectivity index (χ2v) is 5.95. The lowest BCUT2D eigenvalue weighted by atomic mass is 10.1. The Hall–Kier alpha value is -1.12. The first-order valence-corrected chi connectivity index (χ1v) is 7.08. The Morgan fingerprint density at radius 2 is 2.33 bits per heavy atom. The van der Waals surface area contributed by atoms with E-state index in [-0.39, 0.29) is 11.7 Å². The molecule has 0 aromatic heterocycles. The highest BCUT2D eigenvalue weighted by Gasteiger charge is 2.08. The molecule has 5 heteroatoms. The number of benzene rings is 1. The molecule has 1 rings (SSSR count). The van der Waals surface area contributed by atoms with E-state index in [1.165, 1.54) is 0 Å². The molecular formula is C13H15NO2S2. The molecule has 1 unspecified atom stereocenters. The smallest absolute Gasteiger partial charge is 0.303 e. The van der Waals surface area contributed by atoms with E-state index < -0.39 is 5.97 Å². The highest BCUT2D eigenvalue weighted by atomic mass is 32.2. The third-order valence-corrected chi connectivity index (χ3v) is 4.06. The Morgan fingerprint density at radius 3 is 2.94 bits per heavy atom. The number of aliphatic carboxylic acids is 1. The molecule has 0 heterocycles. The Kier molecular flexibility index (Phi) is 6.10. The fraction of sp³-hybridized carbons (Fsp3) is 0.385.